The van der Waals surface area contributed by atoms with Crippen molar-refractivity contribution in [2.45, 2.75) is 6.42 Å². The molecule has 2 amide bonds. The zero-order valence-corrected chi connectivity index (χ0v) is 11.3. The summed E-state index contributed by atoms with van der Waals surface area (Å²) in [5.41, 5.74) is 3.84. The van der Waals surface area contributed by atoms with Crippen molar-refractivity contribution in [3.63, 3.8) is 0 Å². The second kappa shape index (κ2) is 7.59. The lowest BCUT2D eigenvalue weighted by molar-refractivity contribution is -0.126. The standard InChI is InChI=1S/C16H15N3O2/c20-15(18-14-9-5-2-6-10-14)11-16(21)19-17-12-13-7-3-1-4-8-13/h1-10,12H,11H2,(H,18,20)(H,19,21). The third kappa shape index (κ3) is 5.28. The summed E-state index contributed by atoms with van der Waals surface area (Å²) < 4.78 is 0. The van der Waals surface area contributed by atoms with Gasteiger partial charge in [-0.1, -0.05) is 48.5 Å². The lowest BCUT2D eigenvalue weighted by Gasteiger charge is -2.03. The smallest absolute Gasteiger partial charge is 0.249 e. The molecule has 106 valence electrons. The van der Waals surface area contributed by atoms with Crippen molar-refractivity contribution in [2.24, 2.45) is 5.10 Å². The van der Waals surface area contributed by atoms with E-state index in [4.69, 9.17) is 0 Å². The van der Waals surface area contributed by atoms with Crippen LogP contribution in [0.15, 0.2) is 65.8 Å². The van der Waals surface area contributed by atoms with Crippen molar-refractivity contribution in [3.05, 3.63) is 66.2 Å². The summed E-state index contributed by atoms with van der Waals surface area (Å²) in [6.45, 7) is 0. The van der Waals surface area contributed by atoms with Crippen LogP contribution in [0.2, 0.25) is 0 Å². The van der Waals surface area contributed by atoms with Crippen molar-refractivity contribution in [1.29, 1.82) is 0 Å². The Labute approximate surface area is 122 Å². The van der Waals surface area contributed by atoms with Gasteiger partial charge in [0.25, 0.3) is 0 Å². The molecule has 5 nitrogen and oxygen atoms in total. The Morgan fingerprint density at radius 1 is 0.905 bits per heavy atom. The minimum atomic E-state index is -0.462. The number of anilines is 1. The largest absolute Gasteiger partial charge is 0.326 e. The van der Waals surface area contributed by atoms with Gasteiger partial charge >= 0.3 is 0 Å². The van der Waals surface area contributed by atoms with Crippen molar-refractivity contribution in [3.8, 4) is 0 Å². The van der Waals surface area contributed by atoms with Gasteiger partial charge in [0, 0.05) is 5.69 Å². The van der Waals surface area contributed by atoms with Gasteiger partial charge in [-0.25, -0.2) is 5.43 Å². The fraction of sp³-hybridized carbons (Fsp3) is 0.0625. The fourth-order valence-electron chi connectivity index (χ4n) is 1.63. The molecule has 0 aliphatic carbocycles. The third-order valence-electron chi connectivity index (χ3n) is 2.58. The van der Waals surface area contributed by atoms with Gasteiger partial charge < -0.3 is 5.32 Å². The molecule has 0 heterocycles. The maximum atomic E-state index is 11.6. The summed E-state index contributed by atoms with van der Waals surface area (Å²) in [5, 5.41) is 6.43. The zero-order valence-electron chi connectivity index (χ0n) is 11.3. The van der Waals surface area contributed by atoms with E-state index in [0.29, 0.717) is 5.69 Å². The Balaban J connectivity index is 1.77. The predicted molar refractivity (Wildman–Crippen MR) is 81.9 cm³/mol. The molecule has 0 saturated heterocycles. The second-order valence-corrected chi connectivity index (χ2v) is 4.29. The number of carbonyl (C=O) groups is 2. The Kier molecular flexibility index (Phi) is 5.23. The second-order valence-electron chi connectivity index (χ2n) is 4.29. The highest BCUT2D eigenvalue weighted by atomic mass is 16.2. The molecule has 2 aromatic carbocycles. The summed E-state index contributed by atoms with van der Waals surface area (Å²) in [5.74, 6) is -0.843. The number of nitrogens with zero attached hydrogens (tertiary/aromatic N) is 1. The van der Waals surface area contributed by atoms with Gasteiger partial charge in [0.15, 0.2) is 0 Å². The molecule has 0 unspecified atom stereocenters. The predicted octanol–water partition coefficient (Wildman–Crippen LogP) is 2.17. The number of hydrogen-bond acceptors (Lipinski definition) is 3. The van der Waals surface area contributed by atoms with Crippen LogP contribution in [0.5, 0.6) is 0 Å². The Bertz CT molecular complexity index is 624. The first kappa shape index (κ1) is 14.5. The van der Waals surface area contributed by atoms with Gasteiger partial charge in [-0.05, 0) is 17.7 Å². The van der Waals surface area contributed by atoms with Crippen molar-refractivity contribution in [2.75, 3.05) is 5.32 Å². The summed E-state index contributed by atoms with van der Waals surface area (Å²) >= 11 is 0. The normalized spacial score (nSPS) is 10.3. The van der Waals surface area contributed by atoms with Crippen molar-refractivity contribution >= 4 is 23.7 Å². The Morgan fingerprint density at radius 3 is 2.19 bits per heavy atom. The van der Waals surface area contributed by atoms with Crippen molar-refractivity contribution < 1.29 is 9.59 Å². The maximum absolute atomic E-state index is 11.6. The lowest BCUT2D eigenvalue weighted by atomic mass is 10.2. The lowest BCUT2D eigenvalue weighted by Crippen LogP contribution is -2.24. The molecule has 0 saturated carbocycles. The third-order valence-corrected chi connectivity index (χ3v) is 2.58. The van der Waals surface area contributed by atoms with E-state index in [9.17, 15) is 9.59 Å². The molecule has 2 rings (SSSR count). The van der Waals surface area contributed by atoms with Crippen LogP contribution in [0.25, 0.3) is 0 Å². The molecule has 0 aliphatic rings. The van der Waals surface area contributed by atoms with Gasteiger partial charge in [-0.3, -0.25) is 9.59 Å². The van der Waals surface area contributed by atoms with E-state index in [1.807, 2.05) is 36.4 Å². The van der Waals surface area contributed by atoms with E-state index >= 15 is 0 Å². The topological polar surface area (TPSA) is 70.6 Å². The number of nitrogens with one attached hydrogen (secondary N) is 2. The van der Waals surface area contributed by atoms with Crippen LogP contribution in [-0.4, -0.2) is 18.0 Å². The quantitative estimate of drug-likeness (QED) is 0.501. The average molecular weight is 281 g/mol. The molecular weight excluding hydrogens is 266 g/mol. The maximum Gasteiger partial charge on any atom is 0.249 e. The summed E-state index contributed by atoms with van der Waals surface area (Å²) in [6, 6.07) is 18.3. The molecule has 0 spiro atoms. The fourth-order valence-corrected chi connectivity index (χ4v) is 1.63. The number of benzene rings is 2. The molecule has 2 aromatic rings. The first-order chi connectivity index (χ1) is 10.2. The van der Waals surface area contributed by atoms with Gasteiger partial charge in [0.2, 0.25) is 11.8 Å². The summed E-state index contributed by atoms with van der Waals surface area (Å²) in [6.07, 6.45) is 1.24. The van der Waals surface area contributed by atoms with Crippen LogP contribution in [0.3, 0.4) is 0 Å². The highest BCUT2D eigenvalue weighted by molar-refractivity contribution is 6.03. The van der Waals surface area contributed by atoms with Gasteiger partial charge in [-0.2, -0.15) is 5.10 Å². The Morgan fingerprint density at radius 2 is 1.52 bits per heavy atom. The number of para-hydroxylation sites is 1. The molecule has 0 aromatic heterocycles. The van der Waals surface area contributed by atoms with Crippen LogP contribution in [-0.2, 0) is 9.59 Å². The van der Waals surface area contributed by atoms with E-state index in [0.717, 1.165) is 5.56 Å². The van der Waals surface area contributed by atoms with E-state index in [-0.39, 0.29) is 12.3 Å². The number of carbonyl (C=O) groups excluding carboxylic acids is 2. The minimum Gasteiger partial charge on any atom is -0.326 e. The molecule has 0 fully saturated rings. The van der Waals surface area contributed by atoms with E-state index in [1.54, 1.807) is 24.3 Å². The molecule has 2 N–H and O–H groups in total. The number of amides is 2. The van der Waals surface area contributed by atoms with Crippen molar-refractivity contribution in [1.82, 2.24) is 5.43 Å². The number of hydrogen-bond donors (Lipinski definition) is 2. The van der Waals surface area contributed by atoms with E-state index in [1.165, 1.54) is 6.21 Å². The Hall–Kier alpha value is -2.95. The van der Waals surface area contributed by atoms with Crippen LogP contribution in [0.1, 0.15) is 12.0 Å². The highest BCUT2D eigenvalue weighted by Crippen LogP contribution is 2.05. The summed E-state index contributed by atoms with van der Waals surface area (Å²) in [4.78, 5) is 23.2. The van der Waals surface area contributed by atoms with E-state index in [2.05, 4.69) is 15.8 Å². The average Bonchev–Trinajstić information content (AvgIpc) is 2.49. The molecular formula is C16H15N3O2. The molecule has 5 heteroatoms. The molecule has 0 aliphatic heterocycles. The molecule has 0 bridgehead atoms. The number of rotatable bonds is 5. The van der Waals surface area contributed by atoms with Crippen LogP contribution >= 0.6 is 0 Å². The monoisotopic (exact) mass is 281 g/mol. The summed E-state index contributed by atoms with van der Waals surface area (Å²) in [7, 11) is 0. The van der Waals surface area contributed by atoms with E-state index < -0.39 is 5.91 Å². The highest BCUT2D eigenvalue weighted by Gasteiger charge is 2.08. The van der Waals surface area contributed by atoms with Gasteiger partial charge in [0.05, 0.1) is 6.21 Å². The first-order valence-corrected chi connectivity index (χ1v) is 6.46. The van der Waals surface area contributed by atoms with Crippen LogP contribution in [0, 0.1) is 0 Å². The van der Waals surface area contributed by atoms with Crippen LogP contribution < -0.4 is 10.7 Å². The zero-order chi connectivity index (χ0) is 14.9. The molecule has 0 atom stereocenters. The SMILES string of the molecule is O=C(CC(=O)Nc1ccccc1)NN=Cc1ccccc1. The molecule has 0 radical (unpaired) electrons. The first-order valence-electron chi connectivity index (χ1n) is 6.46. The minimum absolute atomic E-state index is 0.277. The number of hydrazone groups is 1. The van der Waals surface area contributed by atoms with Gasteiger partial charge in [-0.15, -0.1) is 0 Å². The van der Waals surface area contributed by atoms with Crippen LogP contribution in [0.4, 0.5) is 5.69 Å². The van der Waals surface area contributed by atoms with Gasteiger partial charge in [0.1, 0.15) is 6.42 Å². The molecule has 21 heavy (non-hydrogen) atoms.